The molecule has 7 nitrogen and oxygen atoms in total. The molecule has 24 heavy (non-hydrogen) atoms. The largest absolute Gasteiger partial charge is 0.337 e. The van der Waals surface area contributed by atoms with Crippen molar-refractivity contribution >= 4 is 17.1 Å². The molecule has 1 aliphatic heterocycles. The van der Waals surface area contributed by atoms with Crippen LogP contribution in [0.3, 0.4) is 0 Å². The van der Waals surface area contributed by atoms with E-state index in [1.165, 1.54) is 0 Å². The average Bonchev–Trinajstić information content (AvgIpc) is 3.21. The van der Waals surface area contributed by atoms with Crippen LogP contribution in [0.25, 0.3) is 11.2 Å². The summed E-state index contributed by atoms with van der Waals surface area (Å²) < 4.78 is 1.95. The molecule has 1 unspecified atom stereocenters. The van der Waals surface area contributed by atoms with Crippen molar-refractivity contribution in [2.45, 2.75) is 19.0 Å². The van der Waals surface area contributed by atoms with E-state index >= 15 is 0 Å². The second-order valence-corrected chi connectivity index (χ2v) is 6.10. The first-order chi connectivity index (χ1) is 11.7. The SMILES string of the molecule is NC1CCN(C(=O)c2cnc3c(c2)ncn3Cc2cccnc2)C1. The normalized spacial score (nSPS) is 17.5. The summed E-state index contributed by atoms with van der Waals surface area (Å²) >= 11 is 0. The summed E-state index contributed by atoms with van der Waals surface area (Å²) in [5, 5.41) is 0. The molecule has 1 aliphatic rings. The summed E-state index contributed by atoms with van der Waals surface area (Å²) in [5.74, 6) is -0.0286. The van der Waals surface area contributed by atoms with E-state index in [4.69, 9.17) is 5.73 Å². The van der Waals surface area contributed by atoms with Gasteiger partial charge in [-0.2, -0.15) is 0 Å². The third-order valence-corrected chi connectivity index (χ3v) is 4.29. The smallest absolute Gasteiger partial charge is 0.255 e. The van der Waals surface area contributed by atoms with Gasteiger partial charge in [-0.15, -0.1) is 0 Å². The number of aromatic nitrogens is 4. The van der Waals surface area contributed by atoms with Gasteiger partial charge in [-0.05, 0) is 24.1 Å². The fourth-order valence-corrected chi connectivity index (χ4v) is 3.02. The van der Waals surface area contributed by atoms with Crippen molar-refractivity contribution < 1.29 is 4.79 Å². The van der Waals surface area contributed by atoms with Gasteiger partial charge in [0.15, 0.2) is 5.65 Å². The van der Waals surface area contributed by atoms with Crippen LogP contribution in [0.2, 0.25) is 0 Å². The Hall–Kier alpha value is -2.80. The standard InChI is InChI=1S/C17H18N6O/c18-14-3-5-22(10-14)17(24)13-6-15-16(20-8-13)23(11-21-15)9-12-2-1-4-19-7-12/h1-2,4,6-8,11,14H,3,5,9-10,18H2. The third kappa shape index (κ3) is 2.74. The van der Waals surface area contributed by atoms with Gasteiger partial charge in [0, 0.05) is 37.7 Å². The first kappa shape index (κ1) is 14.8. The minimum atomic E-state index is -0.0286. The molecule has 1 atom stereocenters. The van der Waals surface area contributed by atoms with Crippen molar-refractivity contribution in [3.8, 4) is 0 Å². The Labute approximate surface area is 139 Å². The zero-order valence-electron chi connectivity index (χ0n) is 13.2. The first-order valence-corrected chi connectivity index (χ1v) is 7.95. The number of fused-ring (bicyclic) bond motifs is 1. The summed E-state index contributed by atoms with van der Waals surface area (Å²) in [6.07, 6.45) is 7.78. The van der Waals surface area contributed by atoms with E-state index in [1.807, 2.05) is 22.9 Å². The van der Waals surface area contributed by atoms with Crippen LogP contribution in [-0.2, 0) is 6.54 Å². The second-order valence-electron chi connectivity index (χ2n) is 6.10. The van der Waals surface area contributed by atoms with E-state index in [2.05, 4.69) is 15.0 Å². The number of nitrogens with zero attached hydrogens (tertiary/aromatic N) is 5. The molecule has 3 aromatic rings. The van der Waals surface area contributed by atoms with Gasteiger partial charge in [0.2, 0.25) is 0 Å². The number of imidazole rings is 1. The number of likely N-dealkylation sites (tertiary alicyclic amines) is 1. The van der Waals surface area contributed by atoms with Crippen molar-refractivity contribution in [2.24, 2.45) is 5.73 Å². The quantitative estimate of drug-likeness (QED) is 0.778. The van der Waals surface area contributed by atoms with Crippen molar-refractivity contribution in [1.29, 1.82) is 0 Å². The number of hydrogen-bond acceptors (Lipinski definition) is 5. The van der Waals surface area contributed by atoms with Crippen LogP contribution in [0, 0.1) is 0 Å². The molecule has 0 bridgehead atoms. The number of nitrogens with two attached hydrogens (primary N) is 1. The Kier molecular flexibility index (Phi) is 3.70. The molecular weight excluding hydrogens is 304 g/mol. The molecular formula is C17H18N6O. The highest BCUT2D eigenvalue weighted by molar-refractivity contribution is 5.96. The van der Waals surface area contributed by atoms with Crippen LogP contribution in [0.15, 0.2) is 43.1 Å². The summed E-state index contributed by atoms with van der Waals surface area (Å²) in [6, 6.07) is 5.78. The van der Waals surface area contributed by atoms with Crippen molar-refractivity contribution in [2.75, 3.05) is 13.1 Å². The highest BCUT2D eigenvalue weighted by Crippen LogP contribution is 2.17. The number of carbonyl (C=O) groups excluding carboxylic acids is 1. The van der Waals surface area contributed by atoms with Gasteiger partial charge in [0.1, 0.15) is 5.52 Å². The molecule has 0 saturated carbocycles. The van der Waals surface area contributed by atoms with Crippen LogP contribution in [-0.4, -0.2) is 49.5 Å². The minimum Gasteiger partial charge on any atom is -0.337 e. The Morgan fingerprint density at radius 1 is 1.33 bits per heavy atom. The number of rotatable bonds is 3. The molecule has 2 N–H and O–H groups in total. The highest BCUT2D eigenvalue weighted by Gasteiger charge is 2.25. The number of hydrogen-bond donors (Lipinski definition) is 1. The maximum Gasteiger partial charge on any atom is 0.255 e. The van der Waals surface area contributed by atoms with Crippen molar-refractivity contribution in [3.63, 3.8) is 0 Å². The van der Waals surface area contributed by atoms with Crippen LogP contribution in [0.1, 0.15) is 22.3 Å². The fourth-order valence-electron chi connectivity index (χ4n) is 3.02. The lowest BCUT2D eigenvalue weighted by atomic mass is 10.2. The lowest BCUT2D eigenvalue weighted by Gasteiger charge is -2.15. The maximum absolute atomic E-state index is 12.5. The molecule has 1 amide bonds. The van der Waals surface area contributed by atoms with Crippen LogP contribution >= 0.6 is 0 Å². The predicted octanol–water partition coefficient (Wildman–Crippen LogP) is 1.05. The topological polar surface area (TPSA) is 89.9 Å². The molecule has 4 rings (SSSR count). The monoisotopic (exact) mass is 322 g/mol. The number of amides is 1. The molecule has 3 aromatic heterocycles. The Bertz CT molecular complexity index is 875. The zero-order chi connectivity index (χ0) is 16.5. The van der Waals surface area contributed by atoms with Gasteiger partial charge in [0.25, 0.3) is 5.91 Å². The van der Waals surface area contributed by atoms with Crippen molar-refractivity contribution in [1.82, 2.24) is 24.4 Å². The van der Waals surface area contributed by atoms with Gasteiger partial charge in [-0.3, -0.25) is 9.78 Å². The number of carbonyl (C=O) groups is 1. The highest BCUT2D eigenvalue weighted by atomic mass is 16.2. The Morgan fingerprint density at radius 2 is 2.25 bits per heavy atom. The molecule has 0 spiro atoms. The Morgan fingerprint density at radius 3 is 3.00 bits per heavy atom. The lowest BCUT2D eigenvalue weighted by Crippen LogP contribution is -2.31. The molecule has 122 valence electrons. The summed E-state index contributed by atoms with van der Waals surface area (Å²) in [4.78, 5) is 27.3. The van der Waals surface area contributed by atoms with Crippen LogP contribution in [0.5, 0.6) is 0 Å². The third-order valence-electron chi connectivity index (χ3n) is 4.29. The summed E-state index contributed by atoms with van der Waals surface area (Å²) in [7, 11) is 0. The van der Waals surface area contributed by atoms with E-state index in [0.29, 0.717) is 30.7 Å². The zero-order valence-corrected chi connectivity index (χ0v) is 13.2. The molecule has 1 saturated heterocycles. The minimum absolute atomic E-state index is 0.0286. The van der Waals surface area contributed by atoms with Crippen molar-refractivity contribution in [3.05, 3.63) is 54.2 Å². The Balaban J connectivity index is 1.60. The number of pyridine rings is 2. The molecule has 0 aliphatic carbocycles. The van der Waals surface area contributed by atoms with Crippen LogP contribution in [0.4, 0.5) is 0 Å². The maximum atomic E-state index is 12.5. The van der Waals surface area contributed by atoms with E-state index in [0.717, 1.165) is 17.6 Å². The van der Waals surface area contributed by atoms with E-state index in [1.54, 1.807) is 29.7 Å². The van der Waals surface area contributed by atoms with Gasteiger partial charge < -0.3 is 15.2 Å². The van der Waals surface area contributed by atoms with Gasteiger partial charge in [-0.1, -0.05) is 6.07 Å². The predicted molar refractivity (Wildman–Crippen MR) is 89.4 cm³/mol. The summed E-state index contributed by atoms with van der Waals surface area (Å²) in [6.45, 7) is 1.95. The van der Waals surface area contributed by atoms with Gasteiger partial charge >= 0.3 is 0 Å². The van der Waals surface area contributed by atoms with E-state index < -0.39 is 0 Å². The molecule has 4 heterocycles. The summed E-state index contributed by atoms with van der Waals surface area (Å²) in [5.41, 5.74) is 8.98. The molecule has 1 fully saturated rings. The molecule has 0 radical (unpaired) electrons. The van der Waals surface area contributed by atoms with Gasteiger partial charge in [-0.25, -0.2) is 9.97 Å². The average molecular weight is 322 g/mol. The molecule has 0 aromatic carbocycles. The lowest BCUT2D eigenvalue weighted by molar-refractivity contribution is 0.0790. The second kappa shape index (κ2) is 6.01. The van der Waals surface area contributed by atoms with Crippen LogP contribution < -0.4 is 5.73 Å². The fraction of sp³-hybridized carbons (Fsp3) is 0.294. The molecule has 7 heteroatoms. The van der Waals surface area contributed by atoms with E-state index in [9.17, 15) is 4.79 Å². The first-order valence-electron chi connectivity index (χ1n) is 7.95. The van der Waals surface area contributed by atoms with Gasteiger partial charge in [0.05, 0.1) is 18.4 Å². The van der Waals surface area contributed by atoms with E-state index in [-0.39, 0.29) is 11.9 Å².